The van der Waals surface area contributed by atoms with Crippen LogP contribution in [0.2, 0.25) is 0 Å². The van der Waals surface area contributed by atoms with Crippen molar-refractivity contribution < 1.29 is 4.92 Å². The molecule has 0 aliphatic carbocycles. The normalized spacial score (nSPS) is 27.3. The molecule has 1 aliphatic heterocycles. The standard InChI is InChI=1S/C8H16N2O2/c1-7(10(11)12)5-8-3-4-9(2)6-8/h7-8H,3-6H2,1-2H3. The second-order valence-corrected chi connectivity index (χ2v) is 3.79. The van der Waals surface area contributed by atoms with E-state index in [0.29, 0.717) is 5.92 Å². The molecule has 0 aromatic carbocycles. The van der Waals surface area contributed by atoms with Gasteiger partial charge in [0.25, 0.3) is 0 Å². The van der Waals surface area contributed by atoms with Crippen molar-refractivity contribution in [3.63, 3.8) is 0 Å². The molecule has 0 N–H and O–H groups in total. The van der Waals surface area contributed by atoms with Gasteiger partial charge >= 0.3 is 0 Å². The minimum Gasteiger partial charge on any atom is -0.306 e. The summed E-state index contributed by atoms with van der Waals surface area (Å²) in [5.41, 5.74) is 0. The van der Waals surface area contributed by atoms with E-state index in [1.807, 2.05) is 0 Å². The predicted molar refractivity (Wildman–Crippen MR) is 46.7 cm³/mol. The highest BCUT2D eigenvalue weighted by molar-refractivity contribution is 4.74. The van der Waals surface area contributed by atoms with Gasteiger partial charge in [-0.3, -0.25) is 10.1 Å². The molecule has 1 fully saturated rings. The predicted octanol–water partition coefficient (Wildman–Crippen LogP) is 0.993. The summed E-state index contributed by atoms with van der Waals surface area (Å²) in [7, 11) is 2.07. The third-order valence-electron chi connectivity index (χ3n) is 2.52. The largest absolute Gasteiger partial charge is 0.306 e. The molecule has 0 radical (unpaired) electrons. The third-order valence-corrected chi connectivity index (χ3v) is 2.52. The van der Waals surface area contributed by atoms with Crippen molar-refractivity contribution in [3.05, 3.63) is 10.1 Å². The Balaban J connectivity index is 2.27. The molecule has 1 aliphatic rings. The van der Waals surface area contributed by atoms with E-state index in [2.05, 4.69) is 11.9 Å². The lowest BCUT2D eigenvalue weighted by molar-refractivity contribution is -0.520. The summed E-state index contributed by atoms with van der Waals surface area (Å²) in [6.45, 7) is 3.81. The molecule has 0 saturated carbocycles. The van der Waals surface area contributed by atoms with Crippen molar-refractivity contribution in [2.45, 2.75) is 25.8 Å². The van der Waals surface area contributed by atoms with Crippen LogP contribution in [0, 0.1) is 16.0 Å². The molecule has 2 unspecified atom stereocenters. The number of hydrogen-bond acceptors (Lipinski definition) is 3. The van der Waals surface area contributed by atoms with Gasteiger partial charge in [0.1, 0.15) is 0 Å². The zero-order valence-corrected chi connectivity index (χ0v) is 7.69. The van der Waals surface area contributed by atoms with Crippen LogP contribution in [0.15, 0.2) is 0 Å². The van der Waals surface area contributed by atoms with Crippen molar-refractivity contribution in [2.24, 2.45) is 5.92 Å². The molecule has 0 aromatic heterocycles. The van der Waals surface area contributed by atoms with Crippen LogP contribution in [0.3, 0.4) is 0 Å². The maximum Gasteiger partial charge on any atom is 0.210 e. The van der Waals surface area contributed by atoms with Gasteiger partial charge in [0.05, 0.1) is 0 Å². The average molecular weight is 172 g/mol. The van der Waals surface area contributed by atoms with Crippen molar-refractivity contribution in [1.82, 2.24) is 4.90 Å². The summed E-state index contributed by atoms with van der Waals surface area (Å²) < 4.78 is 0. The van der Waals surface area contributed by atoms with E-state index in [9.17, 15) is 10.1 Å². The van der Waals surface area contributed by atoms with Crippen LogP contribution >= 0.6 is 0 Å². The molecular weight excluding hydrogens is 156 g/mol. The number of nitro groups is 1. The first-order valence-electron chi connectivity index (χ1n) is 4.41. The number of hydrogen-bond donors (Lipinski definition) is 0. The number of rotatable bonds is 3. The maximum atomic E-state index is 10.4. The lowest BCUT2D eigenvalue weighted by atomic mass is 10.0. The van der Waals surface area contributed by atoms with Gasteiger partial charge in [0.15, 0.2) is 0 Å². The van der Waals surface area contributed by atoms with Gasteiger partial charge < -0.3 is 4.90 Å². The monoisotopic (exact) mass is 172 g/mol. The van der Waals surface area contributed by atoms with E-state index in [-0.39, 0.29) is 11.0 Å². The number of likely N-dealkylation sites (tertiary alicyclic amines) is 1. The quantitative estimate of drug-likeness (QED) is 0.471. The summed E-state index contributed by atoms with van der Waals surface area (Å²) in [4.78, 5) is 12.4. The minimum absolute atomic E-state index is 0.182. The van der Waals surface area contributed by atoms with Crippen molar-refractivity contribution in [3.8, 4) is 0 Å². The highest BCUT2D eigenvalue weighted by atomic mass is 16.6. The first-order valence-corrected chi connectivity index (χ1v) is 4.41. The summed E-state index contributed by atoms with van der Waals surface area (Å²) >= 11 is 0. The van der Waals surface area contributed by atoms with E-state index in [0.717, 1.165) is 25.9 Å². The smallest absolute Gasteiger partial charge is 0.210 e. The fourth-order valence-corrected chi connectivity index (χ4v) is 1.79. The molecular formula is C8H16N2O2. The van der Waals surface area contributed by atoms with E-state index < -0.39 is 0 Å². The molecule has 12 heavy (non-hydrogen) atoms. The van der Waals surface area contributed by atoms with E-state index in [1.54, 1.807) is 6.92 Å². The van der Waals surface area contributed by atoms with Gasteiger partial charge in [-0.15, -0.1) is 0 Å². The molecule has 4 nitrogen and oxygen atoms in total. The van der Waals surface area contributed by atoms with E-state index >= 15 is 0 Å². The Kier molecular flexibility index (Phi) is 3.03. The zero-order valence-electron chi connectivity index (χ0n) is 7.69. The van der Waals surface area contributed by atoms with Gasteiger partial charge in [0.2, 0.25) is 6.04 Å². The Morgan fingerprint density at radius 3 is 2.83 bits per heavy atom. The number of nitrogens with zero attached hydrogens (tertiary/aromatic N) is 2. The lowest BCUT2D eigenvalue weighted by Gasteiger charge is -2.10. The molecule has 1 saturated heterocycles. The van der Waals surface area contributed by atoms with E-state index in [1.165, 1.54) is 0 Å². The fraction of sp³-hybridized carbons (Fsp3) is 1.00. The average Bonchev–Trinajstić information content (AvgIpc) is 2.35. The molecule has 0 bridgehead atoms. The van der Waals surface area contributed by atoms with Crippen molar-refractivity contribution in [1.29, 1.82) is 0 Å². The molecule has 0 spiro atoms. The SMILES string of the molecule is CC(CC1CCN(C)C1)[N+](=O)[O-]. The maximum absolute atomic E-state index is 10.4. The van der Waals surface area contributed by atoms with Crippen LogP contribution in [-0.2, 0) is 0 Å². The summed E-state index contributed by atoms with van der Waals surface area (Å²) in [6, 6.07) is -0.374. The van der Waals surface area contributed by atoms with Crippen LogP contribution in [0.25, 0.3) is 0 Å². The Hall–Kier alpha value is -0.640. The summed E-state index contributed by atoms with van der Waals surface area (Å²) in [5.74, 6) is 0.537. The Morgan fingerprint density at radius 1 is 1.75 bits per heavy atom. The molecule has 70 valence electrons. The minimum atomic E-state index is -0.374. The molecule has 1 heterocycles. The van der Waals surface area contributed by atoms with Gasteiger partial charge in [0, 0.05) is 24.8 Å². The van der Waals surface area contributed by atoms with Crippen LogP contribution in [0.5, 0.6) is 0 Å². The topological polar surface area (TPSA) is 46.4 Å². The van der Waals surface area contributed by atoms with Crippen LogP contribution in [-0.4, -0.2) is 36.0 Å². The second-order valence-electron chi connectivity index (χ2n) is 3.79. The molecule has 0 aromatic rings. The Labute approximate surface area is 72.7 Å². The van der Waals surface area contributed by atoms with Crippen LogP contribution in [0.4, 0.5) is 0 Å². The summed E-state index contributed by atoms with van der Waals surface area (Å²) in [6.07, 6.45) is 1.85. The first-order chi connectivity index (χ1) is 5.59. The fourth-order valence-electron chi connectivity index (χ4n) is 1.79. The van der Waals surface area contributed by atoms with Crippen LogP contribution < -0.4 is 0 Å². The van der Waals surface area contributed by atoms with E-state index in [4.69, 9.17) is 0 Å². The van der Waals surface area contributed by atoms with Gasteiger partial charge in [-0.25, -0.2) is 0 Å². The molecule has 1 rings (SSSR count). The highest BCUT2D eigenvalue weighted by Crippen LogP contribution is 2.20. The van der Waals surface area contributed by atoms with Crippen molar-refractivity contribution in [2.75, 3.05) is 20.1 Å². The summed E-state index contributed by atoms with van der Waals surface area (Å²) in [5, 5.41) is 10.4. The molecule has 2 atom stereocenters. The van der Waals surface area contributed by atoms with Gasteiger partial charge in [-0.05, 0) is 25.9 Å². The van der Waals surface area contributed by atoms with Gasteiger partial charge in [-0.1, -0.05) is 0 Å². The molecule has 0 amide bonds. The molecule has 4 heteroatoms. The Bertz CT molecular complexity index is 172. The first kappa shape index (κ1) is 9.45. The lowest BCUT2D eigenvalue weighted by Crippen LogP contribution is -2.21. The van der Waals surface area contributed by atoms with Crippen molar-refractivity contribution >= 4 is 0 Å². The zero-order chi connectivity index (χ0) is 9.14. The van der Waals surface area contributed by atoms with Gasteiger partial charge in [-0.2, -0.15) is 0 Å². The third kappa shape index (κ3) is 2.44. The highest BCUT2D eigenvalue weighted by Gasteiger charge is 2.25. The second kappa shape index (κ2) is 3.85. The Morgan fingerprint density at radius 2 is 2.42 bits per heavy atom. The van der Waals surface area contributed by atoms with Crippen LogP contribution in [0.1, 0.15) is 19.8 Å².